The molecular formula is C25H26N6O. The normalized spacial score (nSPS) is 14.1. The average molecular weight is 427 g/mol. The van der Waals surface area contributed by atoms with Gasteiger partial charge >= 0.3 is 0 Å². The van der Waals surface area contributed by atoms with E-state index in [1.165, 1.54) is 16.3 Å². The second-order valence-corrected chi connectivity index (χ2v) is 8.10. The van der Waals surface area contributed by atoms with Gasteiger partial charge in [-0.3, -0.25) is 14.7 Å². The predicted octanol–water partition coefficient (Wildman–Crippen LogP) is 2.86. The zero-order valence-corrected chi connectivity index (χ0v) is 17.9. The van der Waals surface area contributed by atoms with Crippen molar-refractivity contribution in [2.75, 3.05) is 19.6 Å². The molecule has 0 unspecified atom stereocenters. The summed E-state index contributed by atoms with van der Waals surface area (Å²) >= 11 is 0. The monoisotopic (exact) mass is 426 g/mol. The first-order valence-electron chi connectivity index (χ1n) is 11.1. The lowest BCUT2D eigenvalue weighted by molar-refractivity contribution is 0.0953. The Bertz CT molecular complexity index is 1210. The lowest BCUT2D eigenvalue weighted by atomic mass is 10.0. The van der Waals surface area contributed by atoms with Gasteiger partial charge in [0.1, 0.15) is 11.6 Å². The van der Waals surface area contributed by atoms with Gasteiger partial charge in [0, 0.05) is 58.0 Å². The number of carbonyl (C=O) groups is 1. The second-order valence-electron chi connectivity index (χ2n) is 8.10. The molecule has 0 radical (unpaired) electrons. The second kappa shape index (κ2) is 9.28. The smallest absolute Gasteiger partial charge is 0.252 e. The summed E-state index contributed by atoms with van der Waals surface area (Å²) in [4.78, 5) is 18.7. The third-order valence-corrected chi connectivity index (χ3v) is 6.03. The first-order valence-corrected chi connectivity index (χ1v) is 11.1. The summed E-state index contributed by atoms with van der Waals surface area (Å²) in [5, 5.41) is 14.4. The van der Waals surface area contributed by atoms with Crippen LogP contribution in [0.3, 0.4) is 0 Å². The Morgan fingerprint density at radius 3 is 2.78 bits per heavy atom. The minimum Gasteiger partial charge on any atom is -0.352 e. The summed E-state index contributed by atoms with van der Waals surface area (Å²) in [6.07, 6.45) is 4.76. The van der Waals surface area contributed by atoms with Gasteiger partial charge in [-0.05, 0) is 28.5 Å². The van der Waals surface area contributed by atoms with Crippen molar-refractivity contribution in [2.45, 2.75) is 25.9 Å². The highest BCUT2D eigenvalue weighted by Crippen LogP contribution is 2.21. The maximum absolute atomic E-state index is 12.2. The van der Waals surface area contributed by atoms with E-state index in [-0.39, 0.29) is 5.91 Å². The highest BCUT2D eigenvalue weighted by molar-refractivity contribution is 5.93. The number of fused-ring (bicyclic) bond motifs is 2. The van der Waals surface area contributed by atoms with E-state index in [1.807, 2.05) is 0 Å². The van der Waals surface area contributed by atoms with Gasteiger partial charge in [0.2, 0.25) is 0 Å². The molecule has 3 heterocycles. The summed E-state index contributed by atoms with van der Waals surface area (Å²) < 4.78 is 2.22. The van der Waals surface area contributed by atoms with Crippen LogP contribution in [0, 0.1) is 0 Å². The Labute approximate surface area is 187 Å². The lowest BCUT2D eigenvalue weighted by Crippen LogP contribution is -2.28. The Morgan fingerprint density at radius 1 is 0.969 bits per heavy atom. The van der Waals surface area contributed by atoms with Gasteiger partial charge < -0.3 is 9.88 Å². The number of hydrogen-bond donors (Lipinski definition) is 1. The van der Waals surface area contributed by atoms with E-state index in [0.29, 0.717) is 18.5 Å². The molecule has 0 aliphatic carbocycles. The molecule has 7 nitrogen and oxygen atoms in total. The van der Waals surface area contributed by atoms with Crippen LogP contribution >= 0.6 is 0 Å². The number of nitrogens with one attached hydrogen (secondary N) is 1. The summed E-state index contributed by atoms with van der Waals surface area (Å²) in [6.45, 7) is 4.21. The Hall–Kier alpha value is -3.58. The van der Waals surface area contributed by atoms with Crippen molar-refractivity contribution in [1.29, 1.82) is 0 Å². The number of benzene rings is 2. The van der Waals surface area contributed by atoms with Crippen molar-refractivity contribution in [3.63, 3.8) is 0 Å². The summed E-state index contributed by atoms with van der Waals surface area (Å²) in [6, 6.07) is 18.6. The van der Waals surface area contributed by atoms with Crippen molar-refractivity contribution in [2.24, 2.45) is 0 Å². The summed E-state index contributed by atoms with van der Waals surface area (Å²) in [7, 11) is 0. The molecular weight excluding hydrogens is 400 g/mol. The van der Waals surface area contributed by atoms with E-state index in [2.05, 4.69) is 72.4 Å². The number of hydrogen-bond acceptors (Lipinski definition) is 5. The quantitative estimate of drug-likeness (QED) is 0.513. The number of carbonyl (C=O) groups excluding carboxylic acids is 1. The summed E-state index contributed by atoms with van der Waals surface area (Å²) in [5.41, 5.74) is 1.93. The van der Waals surface area contributed by atoms with Crippen molar-refractivity contribution in [3.8, 4) is 0 Å². The van der Waals surface area contributed by atoms with Crippen LogP contribution in [0.2, 0.25) is 0 Å². The standard InChI is InChI=1S/C25H26N6O/c32-25(20-8-4-12-26-17-20)27-13-10-23-28-29-24-11-14-30(15-16-31(23)24)18-21-7-3-6-19-5-1-2-9-22(19)21/h1-9,12,17H,10-11,13-16,18H2,(H,27,32). The van der Waals surface area contributed by atoms with E-state index >= 15 is 0 Å². The number of aromatic nitrogens is 4. The van der Waals surface area contributed by atoms with E-state index < -0.39 is 0 Å². The van der Waals surface area contributed by atoms with Crippen LogP contribution in [-0.2, 0) is 25.9 Å². The fourth-order valence-corrected chi connectivity index (χ4v) is 4.33. The van der Waals surface area contributed by atoms with Crippen LogP contribution in [0.1, 0.15) is 27.6 Å². The van der Waals surface area contributed by atoms with Gasteiger partial charge in [0.25, 0.3) is 5.91 Å². The molecule has 162 valence electrons. The molecule has 7 heteroatoms. The fraction of sp³-hybridized carbons (Fsp3) is 0.280. The molecule has 32 heavy (non-hydrogen) atoms. The molecule has 4 aromatic rings. The van der Waals surface area contributed by atoms with Crippen molar-refractivity contribution < 1.29 is 4.79 Å². The van der Waals surface area contributed by atoms with Crippen LogP contribution in [0.5, 0.6) is 0 Å². The predicted molar refractivity (Wildman–Crippen MR) is 123 cm³/mol. The molecule has 0 saturated carbocycles. The van der Waals surface area contributed by atoms with Gasteiger partial charge in [-0.2, -0.15) is 0 Å². The largest absolute Gasteiger partial charge is 0.352 e. The third-order valence-electron chi connectivity index (χ3n) is 6.03. The first-order chi connectivity index (χ1) is 15.8. The highest BCUT2D eigenvalue weighted by atomic mass is 16.1. The van der Waals surface area contributed by atoms with Gasteiger partial charge in [-0.15, -0.1) is 10.2 Å². The lowest BCUT2D eigenvalue weighted by Gasteiger charge is -2.20. The highest BCUT2D eigenvalue weighted by Gasteiger charge is 2.19. The van der Waals surface area contributed by atoms with E-state index in [1.54, 1.807) is 24.5 Å². The van der Waals surface area contributed by atoms with Crippen LogP contribution < -0.4 is 5.32 Å². The topological polar surface area (TPSA) is 75.9 Å². The van der Waals surface area contributed by atoms with E-state index in [4.69, 9.17) is 0 Å². The summed E-state index contributed by atoms with van der Waals surface area (Å²) in [5.74, 6) is 1.84. The zero-order valence-electron chi connectivity index (χ0n) is 17.9. The molecule has 5 rings (SSSR count). The number of nitrogens with zero attached hydrogens (tertiary/aromatic N) is 5. The minimum atomic E-state index is -0.116. The van der Waals surface area contributed by atoms with Crippen molar-refractivity contribution in [3.05, 3.63) is 89.8 Å². The van der Waals surface area contributed by atoms with Gasteiger partial charge in [0.15, 0.2) is 0 Å². The third kappa shape index (κ3) is 4.38. The maximum Gasteiger partial charge on any atom is 0.252 e. The van der Waals surface area contributed by atoms with Crippen molar-refractivity contribution in [1.82, 2.24) is 30.0 Å². The molecule has 1 aliphatic heterocycles. The number of rotatable bonds is 6. The van der Waals surface area contributed by atoms with E-state index in [9.17, 15) is 4.79 Å². The Kier molecular flexibility index (Phi) is 5.89. The van der Waals surface area contributed by atoms with Gasteiger partial charge in [-0.25, -0.2) is 0 Å². The zero-order chi connectivity index (χ0) is 21.8. The molecule has 0 saturated heterocycles. The molecule has 0 atom stereocenters. The molecule has 1 amide bonds. The number of amides is 1. The SMILES string of the molecule is O=C(NCCc1nnc2n1CCN(Cc1cccc3ccccc13)CC2)c1cccnc1. The molecule has 0 fully saturated rings. The Balaban J connectivity index is 1.20. The van der Waals surface area contributed by atoms with Crippen LogP contribution in [0.25, 0.3) is 10.8 Å². The van der Waals surface area contributed by atoms with Crippen LogP contribution in [0.4, 0.5) is 0 Å². The fourth-order valence-electron chi connectivity index (χ4n) is 4.33. The molecule has 2 aromatic carbocycles. The molecule has 1 aliphatic rings. The number of pyridine rings is 1. The Morgan fingerprint density at radius 2 is 1.88 bits per heavy atom. The molecule has 0 bridgehead atoms. The molecule has 2 aromatic heterocycles. The average Bonchev–Trinajstić information content (AvgIpc) is 3.11. The van der Waals surface area contributed by atoms with Crippen LogP contribution in [-0.4, -0.2) is 50.2 Å². The van der Waals surface area contributed by atoms with Gasteiger partial charge in [-0.1, -0.05) is 42.5 Å². The van der Waals surface area contributed by atoms with Crippen LogP contribution in [0.15, 0.2) is 67.0 Å². The molecule has 0 spiro atoms. The first kappa shape index (κ1) is 20.3. The maximum atomic E-state index is 12.2. The van der Waals surface area contributed by atoms with E-state index in [0.717, 1.165) is 44.2 Å². The minimum absolute atomic E-state index is 0.116. The van der Waals surface area contributed by atoms with Crippen molar-refractivity contribution >= 4 is 16.7 Å². The molecule has 1 N–H and O–H groups in total. The van der Waals surface area contributed by atoms with Gasteiger partial charge in [0.05, 0.1) is 5.56 Å².